The molecule has 0 aromatic carbocycles. The maximum atomic E-state index is 9.31. The molecule has 0 fully saturated rings. The van der Waals surface area contributed by atoms with Gasteiger partial charge in [-0.2, -0.15) is 4.98 Å². The molecule has 0 spiro atoms. The first-order chi connectivity index (χ1) is 6.50. The number of hydrogen-bond acceptors (Lipinski definition) is 5. The predicted octanol–water partition coefficient (Wildman–Crippen LogP) is 0.548. The van der Waals surface area contributed by atoms with E-state index >= 15 is 0 Å². The van der Waals surface area contributed by atoms with Gasteiger partial charge >= 0.3 is 0 Å². The molecule has 1 aromatic heterocycles. The monoisotopic (exact) mass is 196 g/mol. The molecule has 0 aliphatic rings. The van der Waals surface area contributed by atoms with Crippen LogP contribution in [0.1, 0.15) is 19.4 Å². The molecule has 5 heteroatoms. The van der Waals surface area contributed by atoms with E-state index in [0.717, 1.165) is 5.56 Å². The van der Waals surface area contributed by atoms with Crippen LogP contribution in [-0.4, -0.2) is 27.2 Å². The molecule has 0 aliphatic carbocycles. The summed E-state index contributed by atoms with van der Waals surface area (Å²) in [5.74, 6) is 0.904. The molecule has 1 heterocycles. The molecule has 2 unspecified atom stereocenters. The van der Waals surface area contributed by atoms with Gasteiger partial charge in [0.1, 0.15) is 5.82 Å². The highest BCUT2D eigenvalue weighted by Crippen LogP contribution is 2.12. The molecule has 0 radical (unpaired) electrons. The van der Waals surface area contributed by atoms with Crippen LogP contribution in [-0.2, 0) is 0 Å². The number of aliphatic hydroxyl groups excluding tert-OH is 1. The molecule has 0 bridgehead atoms. The fraction of sp³-hybridized carbons (Fsp3) is 0.556. The lowest BCUT2D eigenvalue weighted by atomic mass is 10.2. The van der Waals surface area contributed by atoms with Crippen molar-refractivity contribution < 1.29 is 5.11 Å². The van der Waals surface area contributed by atoms with Crippen molar-refractivity contribution in [2.75, 3.05) is 11.1 Å². The molecule has 1 aromatic rings. The molecule has 0 saturated heterocycles. The molecule has 78 valence electrons. The Labute approximate surface area is 83.4 Å². The van der Waals surface area contributed by atoms with Gasteiger partial charge in [-0.05, 0) is 20.8 Å². The number of nitrogens with two attached hydrogens (primary N) is 1. The van der Waals surface area contributed by atoms with Gasteiger partial charge in [0.2, 0.25) is 5.95 Å². The summed E-state index contributed by atoms with van der Waals surface area (Å²) >= 11 is 0. The second-order valence-corrected chi connectivity index (χ2v) is 3.43. The van der Waals surface area contributed by atoms with Crippen molar-refractivity contribution in [3.05, 3.63) is 11.8 Å². The van der Waals surface area contributed by atoms with Crippen LogP contribution >= 0.6 is 0 Å². The van der Waals surface area contributed by atoms with Crippen LogP contribution in [0.15, 0.2) is 6.20 Å². The summed E-state index contributed by atoms with van der Waals surface area (Å²) in [6.45, 7) is 5.48. The lowest BCUT2D eigenvalue weighted by molar-refractivity contribution is 0.177. The standard InChI is InChI=1S/C9H16N4O/c1-5-4-11-9(10)13-8(5)12-6(2)7(3)14/h4,6-7,14H,1-3H3,(H3,10,11,12,13). The van der Waals surface area contributed by atoms with Crippen LogP contribution in [0.2, 0.25) is 0 Å². The number of nitrogens with zero attached hydrogens (tertiary/aromatic N) is 2. The molecule has 0 aliphatic heterocycles. The van der Waals surface area contributed by atoms with Crippen molar-refractivity contribution in [2.45, 2.75) is 32.9 Å². The number of nitrogens with one attached hydrogen (secondary N) is 1. The Morgan fingerprint density at radius 1 is 1.50 bits per heavy atom. The van der Waals surface area contributed by atoms with E-state index < -0.39 is 6.10 Å². The number of nitrogen functional groups attached to an aromatic ring is 1. The average Bonchev–Trinajstić information content (AvgIpc) is 2.11. The van der Waals surface area contributed by atoms with Crippen molar-refractivity contribution >= 4 is 11.8 Å². The smallest absolute Gasteiger partial charge is 0.221 e. The molecule has 0 amide bonds. The van der Waals surface area contributed by atoms with Gasteiger partial charge in [-0.15, -0.1) is 0 Å². The molecule has 5 nitrogen and oxygen atoms in total. The third-order valence-corrected chi connectivity index (χ3v) is 2.08. The fourth-order valence-electron chi connectivity index (χ4n) is 0.938. The van der Waals surface area contributed by atoms with Gasteiger partial charge in [-0.25, -0.2) is 4.98 Å². The van der Waals surface area contributed by atoms with Crippen LogP contribution in [0.25, 0.3) is 0 Å². The first-order valence-electron chi connectivity index (χ1n) is 4.54. The van der Waals surface area contributed by atoms with Gasteiger partial charge in [0, 0.05) is 11.8 Å². The summed E-state index contributed by atoms with van der Waals surface area (Å²) in [5, 5.41) is 12.4. The summed E-state index contributed by atoms with van der Waals surface area (Å²) in [6, 6.07) is -0.0667. The summed E-state index contributed by atoms with van der Waals surface area (Å²) in [4.78, 5) is 7.90. The van der Waals surface area contributed by atoms with Crippen molar-refractivity contribution in [1.82, 2.24) is 9.97 Å². The minimum absolute atomic E-state index is 0.0667. The Balaban J connectivity index is 2.80. The summed E-state index contributed by atoms with van der Waals surface area (Å²) < 4.78 is 0. The Bertz CT molecular complexity index is 314. The first kappa shape index (κ1) is 10.7. The predicted molar refractivity (Wildman–Crippen MR) is 55.9 cm³/mol. The van der Waals surface area contributed by atoms with Crippen molar-refractivity contribution in [3.63, 3.8) is 0 Å². The number of aliphatic hydroxyl groups is 1. The minimum atomic E-state index is -0.439. The number of rotatable bonds is 3. The Morgan fingerprint density at radius 3 is 2.71 bits per heavy atom. The van der Waals surface area contributed by atoms with Crippen LogP contribution < -0.4 is 11.1 Å². The quantitative estimate of drug-likeness (QED) is 0.657. The average molecular weight is 196 g/mol. The molecule has 0 saturated carbocycles. The van der Waals surface area contributed by atoms with Crippen LogP contribution in [0.4, 0.5) is 11.8 Å². The van der Waals surface area contributed by atoms with Gasteiger partial charge in [-0.1, -0.05) is 0 Å². The summed E-state index contributed by atoms with van der Waals surface area (Å²) in [6.07, 6.45) is 1.21. The third kappa shape index (κ3) is 2.56. The Morgan fingerprint density at radius 2 is 2.14 bits per heavy atom. The number of aryl methyl sites for hydroxylation is 1. The minimum Gasteiger partial charge on any atom is -0.391 e. The number of aromatic nitrogens is 2. The van der Waals surface area contributed by atoms with E-state index in [2.05, 4.69) is 15.3 Å². The van der Waals surface area contributed by atoms with E-state index in [1.807, 2.05) is 13.8 Å². The summed E-state index contributed by atoms with van der Waals surface area (Å²) in [5.41, 5.74) is 6.36. The van der Waals surface area contributed by atoms with E-state index in [1.165, 1.54) is 0 Å². The fourth-order valence-corrected chi connectivity index (χ4v) is 0.938. The normalized spacial score (nSPS) is 14.9. The van der Waals surface area contributed by atoms with E-state index in [1.54, 1.807) is 13.1 Å². The summed E-state index contributed by atoms with van der Waals surface area (Å²) in [7, 11) is 0. The van der Waals surface area contributed by atoms with Crippen LogP contribution in [0, 0.1) is 6.92 Å². The second kappa shape index (κ2) is 4.23. The number of anilines is 2. The van der Waals surface area contributed by atoms with Crippen LogP contribution in [0.3, 0.4) is 0 Å². The van der Waals surface area contributed by atoms with Crippen molar-refractivity contribution in [3.8, 4) is 0 Å². The van der Waals surface area contributed by atoms with Crippen molar-refractivity contribution in [2.24, 2.45) is 0 Å². The lowest BCUT2D eigenvalue weighted by Gasteiger charge is -2.18. The lowest BCUT2D eigenvalue weighted by Crippen LogP contribution is -2.28. The highest BCUT2D eigenvalue weighted by Gasteiger charge is 2.10. The Kier molecular flexibility index (Phi) is 3.24. The van der Waals surface area contributed by atoms with Gasteiger partial charge < -0.3 is 16.2 Å². The molecule has 14 heavy (non-hydrogen) atoms. The van der Waals surface area contributed by atoms with E-state index in [0.29, 0.717) is 5.82 Å². The van der Waals surface area contributed by atoms with E-state index in [4.69, 9.17) is 5.73 Å². The number of hydrogen-bond donors (Lipinski definition) is 3. The molecular weight excluding hydrogens is 180 g/mol. The molecular formula is C9H16N4O. The van der Waals surface area contributed by atoms with E-state index in [9.17, 15) is 5.11 Å². The first-order valence-corrected chi connectivity index (χ1v) is 4.54. The zero-order chi connectivity index (χ0) is 10.7. The van der Waals surface area contributed by atoms with Gasteiger partial charge in [-0.3, -0.25) is 0 Å². The van der Waals surface area contributed by atoms with Crippen LogP contribution in [0.5, 0.6) is 0 Å². The van der Waals surface area contributed by atoms with E-state index in [-0.39, 0.29) is 12.0 Å². The largest absolute Gasteiger partial charge is 0.391 e. The third-order valence-electron chi connectivity index (χ3n) is 2.08. The SMILES string of the molecule is Cc1cnc(N)nc1NC(C)C(C)O. The zero-order valence-corrected chi connectivity index (χ0v) is 8.65. The van der Waals surface area contributed by atoms with Gasteiger partial charge in [0.15, 0.2) is 0 Å². The highest BCUT2D eigenvalue weighted by molar-refractivity contribution is 5.45. The van der Waals surface area contributed by atoms with Gasteiger partial charge in [0.25, 0.3) is 0 Å². The van der Waals surface area contributed by atoms with Gasteiger partial charge in [0.05, 0.1) is 12.1 Å². The topological polar surface area (TPSA) is 84.1 Å². The maximum Gasteiger partial charge on any atom is 0.221 e. The Hall–Kier alpha value is -1.36. The second-order valence-electron chi connectivity index (χ2n) is 3.43. The van der Waals surface area contributed by atoms with Crippen molar-refractivity contribution in [1.29, 1.82) is 0 Å². The molecule has 4 N–H and O–H groups in total. The maximum absolute atomic E-state index is 9.31. The highest BCUT2D eigenvalue weighted by atomic mass is 16.3. The zero-order valence-electron chi connectivity index (χ0n) is 8.65. The molecule has 2 atom stereocenters. The molecule has 1 rings (SSSR count).